The van der Waals surface area contributed by atoms with Gasteiger partial charge in [0.25, 0.3) is 5.91 Å². The second kappa shape index (κ2) is 5.99. The van der Waals surface area contributed by atoms with Gasteiger partial charge >= 0.3 is 0 Å². The van der Waals surface area contributed by atoms with Crippen LogP contribution in [0.15, 0.2) is 18.2 Å². The van der Waals surface area contributed by atoms with Gasteiger partial charge in [0.2, 0.25) is 0 Å². The third-order valence-corrected chi connectivity index (χ3v) is 3.17. The molecule has 2 unspecified atom stereocenters. The number of benzene rings is 1. The molecule has 0 aliphatic carbocycles. The minimum atomic E-state index is -0.641. The van der Waals surface area contributed by atoms with Gasteiger partial charge in [0.15, 0.2) is 0 Å². The molecule has 0 spiro atoms. The molecule has 3 N–H and O–H groups in total. The third kappa shape index (κ3) is 3.21. The number of piperidine rings is 1. The van der Waals surface area contributed by atoms with Crippen molar-refractivity contribution in [2.45, 2.75) is 18.6 Å². The molecule has 0 bridgehead atoms. The molecule has 0 radical (unpaired) electrons. The number of carbonyl (C=O) groups is 1. The molecule has 5 nitrogen and oxygen atoms in total. The zero-order chi connectivity index (χ0) is 13.8. The minimum absolute atomic E-state index is 0.133. The van der Waals surface area contributed by atoms with Crippen LogP contribution in [-0.4, -0.2) is 43.4 Å². The maximum absolute atomic E-state index is 13.2. The van der Waals surface area contributed by atoms with Crippen molar-refractivity contribution in [2.24, 2.45) is 0 Å². The van der Waals surface area contributed by atoms with Gasteiger partial charge in [0.1, 0.15) is 11.6 Å². The highest BCUT2D eigenvalue weighted by Crippen LogP contribution is 2.19. The van der Waals surface area contributed by atoms with Gasteiger partial charge in [-0.25, -0.2) is 4.39 Å². The summed E-state index contributed by atoms with van der Waals surface area (Å²) in [6.07, 6.45) is -0.0119. The summed E-state index contributed by atoms with van der Waals surface area (Å²) in [4.78, 5) is 12.1. The first kappa shape index (κ1) is 13.8. The van der Waals surface area contributed by atoms with Crippen LogP contribution in [0.4, 0.5) is 4.39 Å². The fourth-order valence-corrected chi connectivity index (χ4v) is 2.11. The number of aliphatic hydroxyl groups excluding tert-OH is 1. The Morgan fingerprint density at radius 2 is 2.37 bits per heavy atom. The van der Waals surface area contributed by atoms with Crippen LogP contribution < -0.4 is 15.4 Å². The van der Waals surface area contributed by atoms with E-state index in [-0.39, 0.29) is 11.6 Å². The molecule has 104 valence electrons. The number of rotatable bonds is 3. The van der Waals surface area contributed by atoms with E-state index in [1.807, 2.05) is 0 Å². The van der Waals surface area contributed by atoms with Crippen molar-refractivity contribution in [3.63, 3.8) is 0 Å². The Morgan fingerprint density at radius 1 is 1.58 bits per heavy atom. The quantitative estimate of drug-likeness (QED) is 0.737. The van der Waals surface area contributed by atoms with Gasteiger partial charge in [-0.15, -0.1) is 0 Å². The van der Waals surface area contributed by atoms with Crippen molar-refractivity contribution in [1.29, 1.82) is 0 Å². The molecule has 1 saturated heterocycles. The van der Waals surface area contributed by atoms with Gasteiger partial charge in [-0.1, -0.05) is 0 Å². The predicted molar refractivity (Wildman–Crippen MR) is 67.7 cm³/mol. The van der Waals surface area contributed by atoms with Crippen LogP contribution in [-0.2, 0) is 0 Å². The van der Waals surface area contributed by atoms with Gasteiger partial charge in [0.05, 0.1) is 24.8 Å². The summed E-state index contributed by atoms with van der Waals surface area (Å²) in [5, 5.41) is 15.5. The molecule has 2 atom stereocenters. The maximum Gasteiger partial charge on any atom is 0.255 e. The van der Waals surface area contributed by atoms with Crippen molar-refractivity contribution in [3.05, 3.63) is 29.6 Å². The summed E-state index contributed by atoms with van der Waals surface area (Å²) < 4.78 is 18.2. The van der Waals surface area contributed by atoms with E-state index in [1.165, 1.54) is 19.2 Å². The average Bonchev–Trinajstić information content (AvgIpc) is 2.41. The molecule has 1 aromatic carbocycles. The van der Waals surface area contributed by atoms with E-state index in [1.54, 1.807) is 0 Å². The Labute approximate surface area is 110 Å². The highest BCUT2D eigenvalue weighted by molar-refractivity contribution is 5.97. The van der Waals surface area contributed by atoms with E-state index in [4.69, 9.17) is 4.74 Å². The number of carbonyl (C=O) groups excluding carboxylic acids is 1. The van der Waals surface area contributed by atoms with Crippen LogP contribution in [0, 0.1) is 5.82 Å². The Balaban J connectivity index is 2.13. The number of hydrogen-bond acceptors (Lipinski definition) is 4. The maximum atomic E-state index is 13.2. The minimum Gasteiger partial charge on any atom is -0.496 e. The van der Waals surface area contributed by atoms with Crippen LogP contribution in [0.2, 0.25) is 0 Å². The fraction of sp³-hybridized carbons (Fsp3) is 0.462. The smallest absolute Gasteiger partial charge is 0.255 e. The SMILES string of the molecule is COc1ccc(F)cc1C(=O)NC1CCNCC1O. The van der Waals surface area contributed by atoms with Crippen LogP contribution in [0.1, 0.15) is 16.8 Å². The van der Waals surface area contributed by atoms with E-state index in [2.05, 4.69) is 10.6 Å². The van der Waals surface area contributed by atoms with Gasteiger partial charge in [0, 0.05) is 6.54 Å². The van der Waals surface area contributed by atoms with Gasteiger partial charge in [-0.2, -0.15) is 0 Å². The van der Waals surface area contributed by atoms with Crippen molar-refractivity contribution in [2.75, 3.05) is 20.2 Å². The number of methoxy groups -OCH3 is 1. The molecular weight excluding hydrogens is 251 g/mol. The first-order valence-corrected chi connectivity index (χ1v) is 6.15. The second-order valence-electron chi connectivity index (χ2n) is 4.48. The number of halogens is 1. The second-order valence-corrected chi connectivity index (χ2v) is 4.48. The molecule has 1 aromatic rings. The van der Waals surface area contributed by atoms with Crippen molar-refractivity contribution in [3.8, 4) is 5.75 Å². The fourth-order valence-electron chi connectivity index (χ4n) is 2.11. The lowest BCUT2D eigenvalue weighted by atomic mass is 10.0. The van der Waals surface area contributed by atoms with Gasteiger partial charge in [-0.05, 0) is 31.2 Å². The zero-order valence-electron chi connectivity index (χ0n) is 10.6. The number of ether oxygens (including phenoxy) is 1. The van der Waals surface area contributed by atoms with Crippen LogP contribution in [0.3, 0.4) is 0 Å². The predicted octanol–water partition coefficient (Wildman–Crippen LogP) is 0.287. The van der Waals surface area contributed by atoms with E-state index in [0.29, 0.717) is 18.7 Å². The molecular formula is C13H17FN2O3. The Morgan fingerprint density at radius 3 is 3.05 bits per heavy atom. The summed E-state index contributed by atoms with van der Waals surface area (Å²) in [6.45, 7) is 1.16. The lowest BCUT2D eigenvalue weighted by Crippen LogP contribution is -2.52. The van der Waals surface area contributed by atoms with Crippen LogP contribution in [0.25, 0.3) is 0 Å². The Bertz CT molecular complexity index is 467. The Kier molecular flexibility index (Phi) is 4.34. The van der Waals surface area contributed by atoms with Crippen molar-refractivity contribution < 1.29 is 19.0 Å². The standard InChI is InChI=1S/C13H17FN2O3/c1-19-12-3-2-8(14)6-9(12)13(18)16-10-4-5-15-7-11(10)17/h2-3,6,10-11,15,17H,4-5,7H2,1H3,(H,16,18). The topological polar surface area (TPSA) is 70.6 Å². The summed E-state index contributed by atoms with van der Waals surface area (Å²) in [7, 11) is 1.42. The van der Waals surface area contributed by atoms with Crippen LogP contribution >= 0.6 is 0 Å². The van der Waals surface area contributed by atoms with E-state index in [0.717, 1.165) is 12.6 Å². The lowest BCUT2D eigenvalue weighted by Gasteiger charge is -2.29. The van der Waals surface area contributed by atoms with Crippen LogP contribution in [0.5, 0.6) is 5.75 Å². The number of hydrogen-bond donors (Lipinski definition) is 3. The monoisotopic (exact) mass is 268 g/mol. The first-order valence-electron chi connectivity index (χ1n) is 6.15. The number of nitrogens with one attached hydrogen (secondary N) is 2. The van der Waals surface area contributed by atoms with E-state index in [9.17, 15) is 14.3 Å². The first-order chi connectivity index (χ1) is 9.11. The number of amides is 1. The molecule has 2 rings (SSSR count). The molecule has 0 aromatic heterocycles. The molecule has 1 fully saturated rings. The summed E-state index contributed by atoms with van der Waals surface area (Å²) in [6, 6.07) is 3.43. The Hall–Kier alpha value is -1.66. The van der Waals surface area contributed by atoms with Crippen molar-refractivity contribution in [1.82, 2.24) is 10.6 Å². The van der Waals surface area contributed by atoms with E-state index >= 15 is 0 Å². The highest BCUT2D eigenvalue weighted by Gasteiger charge is 2.25. The largest absolute Gasteiger partial charge is 0.496 e. The normalized spacial score (nSPS) is 22.9. The number of aliphatic hydroxyl groups is 1. The average molecular weight is 268 g/mol. The molecule has 19 heavy (non-hydrogen) atoms. The lowest BCUT2D eigenvalue weighted by molar-refractivity contribution is 0.0762. The molecule has 1 aliphatic heterocycles. The highest BCUT2D eigenvalue weighted by atomic mass is 19.1. The van der Waals surface area contributed by atoms with Gasteiger partial charge in [-0.3, -0.25) is 4.79 Å². The molecule has 6 heteroatoms. The summed E-state index contributed by atoms with van der Waals surface area (Å²) in [5.74, 6) is -0.638. The third-order valence-electron chi connectivity index (χ3n) is 3.17. The molecule has 0 saturated carbocycles. The van der Waals surface area contributed by atoms with Crippen molar-refractivity contribution >= 4 is 5.91 Å². The van der Waals surface area contributed by atoms with E-state index < -0.39 is 17.8 Å². The zero-order valence-corrected chi connectivity index (χ0v) is 10.6. The molecule has 1 amide bonds. The number of β-amino-alcohol motifs (C(OH)–C–C–N with tert-alkyl or cyclic N) is 1. The molecule has 1 aliphatic rings. The summed E-state index contributed by atoms with van der Waals surface area (Å²) in [5.41, 5.74) is 0.133. The molecule has 1 heterocycles. The van der Waals surface area contributed by atoms with Gasteiger partial charge < -0.3 is 20.5 Å². The summed E-state index contributed by atoms with van der Waals surface area (Å²) >= 11 is 0.